The summed E-state index contributed by atoms with van der Waals surface area (Å²) in [7, 11) is 0. The Bertz CT molecular complexity index is 449. The number of rotatable bonds is 7. The van der Waals surface area contributed by atoms with Crippen molar-refractivity contribution in [3.63, 3.8) is 0 Å². The number of nitrogens with one attached hydrogen (secondary N) is 1. The molecular formula is C13H19F2NO3S. The van der Waals surface area contributed by atoms with E-state index < -0.39 is 18.6 Å². The fourth-order valence-electron chi connectivity index (χ4n) is 1.58. The summed E-state index contributed by atoms with van der Waals surface area (Å²) < 4.78 is 28.8. The van der Waals surface area contributed by atoms with Gasteiger partial charge in [-0.25, -0.2) is 0 Å². The van der Waals surface area contributed by atoms with Gasteiger partial charge in [0.2, 0.25) is 0 Å². The number of carbonyl (C=O) groups excluding carboxylic acids is 1. The quantitative estimate of drug-likeness (QED) is 0.814. The molecule has 20 heavy (non-hydrogen) atoms. The molecule has 4 nitrogen and oxygen atoms in total. The molecule has 0 aliphatic carbocycles. The van der Waals surface area contributed by atoms with Gasteiger partial charge < -0.3 is 15.2 Å². The maximum atomic E-state index is 12.2. The van der Waals surface area contributed by atoms with Crippen LogP contribution in [-0.2, 0) is 0 Å². The maximum Gasteiger partial charge on any atom is 0.387 e. The monoisotopic (exact) mass is 307 g/mol. The molecule has 0 spiro atoms. The van der Waals surface area contributed by atoms with E-state index in [0.29, 0.717) is 11.3 Å². The van der Waals surface area contributed by atoms with Crippen LogP contribution in [0.25, 0.3) is 0 Å². The number of aryl methyl sites for hydroxylation is 1. The van der Waals surface area contributed by atoms with Crippen LogP contribution in [0.1, 0.15) is 34.8 Å². The maximum absolute atomic E-state index is 12.2. The third-order valence-electron chi connectivity index (χ3n) is 2.74. The summed E-state index contributed by atoms with van der Waals surface area (Å²) in [6.45, 7) is 2.79. The lowest BCUT2D eigenvalue weighted by Gasteiger charge is -2.14. The Kier molecular flexibility index (Phi) is 6.35. The van der Waals surface area contributed by atoms with E-state index in [1.807, 2.05) is 13.8 Å². The van der Waals surface area contributed by atoms with Gasteiger partial charge in [-0.3, -0.25) is 4.79 Å². The molecule has 1 aromatic rings. The first-order valence-corrected chi connectivity index (χ1v) is 7.14. The molecule has 0 aliphatic heterocycles. The van der Waals surface area contributed by atoms with E-state index in [0.717, 1.165) is 11.3 Å². The number of carbonyl (C=O) groups is 1. The lowest BCUT2D eigenvalue weighted by molar-refractivity contribution is -0.0498. The van der Waals surface area contributed by atoms with Crippen molar-refractivity contribution in [3.05, 3.63) is 15.8 Å². The first kappa shape index (κ1) is 16.8. The molecule has 0 fully saturated rings. The highest BCUT2D eigenvalue weighted by molar-refractivity contribution is 7.14. The summed E-state index contributed by atoms with van der Waals surface area (Å²) in [5.41, 5.74) is 0. The second kappa shape index (κ2) is 7.54. The number of aliphatic hydroxyl groups excluding tert-OH is 1. The number of thiophene rings is 1. The van der Waals surface area contributed by atoms with Gasteiger partial charge in [-0.15, -0.1) is 11.3 Å². The number of hydrogen-bond acceptors (Lipinski definition) is 4. The van der Waals surface area contributed by atoms with E-state index in [-0.39, 0.29) is 23.1 Å². The van der Waals surface area contributed by atoms with Crippen molar-refractivity contribution >= 4 is 17.2 Å². The van der Waals surface area contributed by atoms with Gasteiger partial charge >= 0.3 is 6.61 Å². The fraction of sp³-hybridized carbons (Fsp3) is 0.615. The highest BCUT2D eigenvalue weighted by Gasteiger charge is 2.19. The predicted octanol–water partition coefficient (Wildman–Crippen LogP) is 2.79. The minimum atomic E-state index is -2.96. The molecule has 0 aliphatic rings. The number of ether oxygens (including phenoxy) is 1. The van der Waals surface area contributed by atoms with Crippen molar-refractivity contribution in [1.29, 1.82) is 0 Å². The van der Waals surface area contributed by atoms with E-state index in [2.05, 4.69) is 10.1 Å². The molecule has 0 bridgehead atoms. The van der Waals surface area contributed by atoms with Crippen molar-refractivity contribution in [2.75, 3.05) is 6.54 Å². The Balaban J connectivity index is 2.59. The van der Waals surface area contributed by atoms with Crippen molar-refractivity contribution in [3.8, 4) is 5.75 Å². The number of aliphatic hydroxyl groups is 1. The number of hydrogen-bond donors (Lipinski definition) is 2. The molecule has 0 aromatic carbocycles. The van der Waals surface area contributed by atoms with Crippen molar-refractivity contribution < 1.29 is 23.4 Å². The minimum Gasteiger partial charge on any atom is -0.433 e. The van der Waals surface area contributed by atoms with Crippen LogP contribution in [0.15, 0.2) is 6.07 Å². The molecule has 114 valence electrons. The van der Waals surface area contributed by atoms with Gasteiger partial charge in [0, 0.05) is 11.4 Å². The van der Waals surface area contributed by atoms with Crippen LogP contribution in [0.5, 0.6) is 5.75 Å². The smallest absolute Gasteiger partial charge is 0.387 e. The predicted molar refractivity (Wildman–Crippen MR) is 73.5 cm³/mol. The van der Waals surface area contributed by atoms with Crippen LogP contribution >= 0.6 is 11.3 Å². The minimum absolute atomic E-state index is 0.105. The molecular weight excluding hydrogens is 288 g/mol. The average Bonchev–Trinajstić information content (AvgIpc) is 2.68. The molecule has 1 rings (SSSR count). The summed E-state index contributed by atoms with van der Waals surface area (Å²) in [5.74, 6) is -0.465. The molecule has 1 aromatic heterocycles. The zero-order chi connectivity index (χ0) is 15.3. The summed E-state index contributed by atoms with van der Waals surface area (Å²) in [4.78, 5) is 12.7. The zero-order valence-electron chi connectivity index (χ0n) is 11.7. The first-order chi connectivity index (χ1) is 9.31. The zero-order valence-corrected chi connectivity index (χ0v) is 12.5. The van der Waals surface area contributed by atoms with Gasteiger partial charge in [0.15, 0.2) is 0 Å². The fourth-order valence-corrected chi connectivity index (χ4v) is 2.44. The largest absolute Gasteiger partial charge is 0.433 e. The first-order valence-electron chi connectivity index (χ1n) is 6.32. The standard InChI is InChI=1S/C13H19F2NO3S/c1-7(2)9(17)4-5-16-12(18)11-10(19-13(14)15)6-8(3)20-11/h6-7,9,13,17H,4-5H2,1-3H3,(H,16,18). The lowest BCUT2D eigenvalue weighted by Crippen LogP contribution is -2.28. The Morgan fingerprint density at radius 2 is 2.15 bits per heavy atom. The Morgan fingerprint density at radius 3 is 2.70 bits per heavy atom. The molecule has 1 unspecified atom stereocenters. The van der Waals surface area contributed by atoms with E-state index >= 15 is 0 Å². The van der Waals surface area contributed by atoms with Crippen molar-refractivity contribution in [2.24, 2.45) is 5.92 Å². The Hall–Kier alpha value is -1.21. The third kappa shape index (κ3) is 5.05. The van der Waals surface area contributed by atoms with Gasteiger partial charge in [0.25, 0.3) is 5.91 Å². The van der Waals surface area contributed by atoms with Crippen molar-refractivity contribution in [2.45, 2.75) is 39.9 Å². The van der Waals surface area contributed by atoms with Crippen LogP contribution in [0, 0.1) is 12.8 Å². The second-order valence-corrected chi connectivity index (χ2v) is 6.04. The van der Waals surface area contributed by atoms with Gasteiger partial charge in [-0.1, -0.05) is 13.8 Å². The van der Waals surface area contributed by atoms with Crippen molar-refractivity contribution in [1.82, 2.24) is 5.32 Å². The summed E-state index contributed by atoms with van der Waals surface area (Å²) in [6.07, 6.45) is -0.0872. The molecule has 1 amide bonds. The lowest BCUT2D eigenvalue weighted by atomic mass is 10.0. The Labute approximate surface area is 120 Å². The normalized spacial score (nSPS) is 12.8. The van der Waals surface area contributed by atoms with E-state index in [9.17, 15) is 18.7 Å². The highest BCUT2D eigenvalue weighted by atomic mass is 32.1. The second-order valence-electron chi connectivity index (χ2n) is 4.78. The van der Waals surface area contributed by atoms with Crippen LogP contribution < -0.4 is 10.1 Å². The molecule has 0 radical (unpaired) electrons. The van der Waals surface area contributed by atoms with Gasteiger partial charge in [0.05, 0.1) is 6.10 Å². The van der Waals surface area contributed by atoms with E-state index in [1.54, 1.807) is 6.92 Å². The number of halogens is 2. The van der Waals surface area contributed by atoms with Crippen LogP contribution in [0.4, 0.5) is 8.78 Å². The molecule has 0 saturated carbocycles. The molecule has 1 atom stereocenters. The molecule has 2 N–H and O–H groups in total. The molecule has 1 heterocycles. The highest BCUT2D eigenvalue weighted by Crippen LogP contribution is 2.30. The van der Waals surface area contributed by atoms with Crippen LogP contribution in [-0.4, -0.2) is 30.3 Å². The summed E-state index contributed by atoms with van der Waals surface area (Å²) in [5, 5.41) is 12.2. The molecule has 7 heteroatoms. The topological polar surface area (TPSA) is 58.6 Å². The van der Waals surface area contributed by atoms with Gasteiger partial charge in [0.1, 0.15) is 10.6 Å². The third-order valence-corrected chi connectivity index (χ3v) is 3.77. The molecule has 0 saturated heterocycles. The van der Waals surface area contributed by atoms with Crippen LogP contribution in [0.2, 0.25) is 0 Å². The van der Waals surface area contributed by atoms with E-state index in [1.165, 1.54) is 6.07 Å². The average molecular weight is 307 g/mol. The SMILES string of the molecule is Cc1cc(OC(F)F)c(C(=O)NCCC(O)C(C)C)s1. The van der Waals surface area contributed by atoms with Gasteiger partial charge in [-0.2, -0.15) is 8.78 Å². The number of amides is 1. The number of alkyl halides is 2. The summed E-state index contributed by atoms with van der Waals surface area (Å²) >= 11 is 1.10. The van der Waals surface area contributed by atoms with Crippen LogP contribution in [0.3, 0.4) is 0 Å². The van der Waals surface area contributed by atoms with Gasteiger partial charge in [-0.05, 0) is 25.3 Å². The summed E-state index contributed by atoms with van der Waals surface area (Å²) in [6, 6.07) is 1.41. The van der Waals surface area contributed by atoms with E-state index in [4.69, 9.17) is 0 Å². The Morgan fingerprint density at radius 1 is 1.50 bits per heavy atom.